The SMILES string of the molecule is CC(C)C(NC(=O)c1cc(F)ccc1F)c1ccccc1. The standard InChI is InChI=1S/C17H17F2NO/c1-11(2)16(12-6-4-3-5-7-12)20-17(21)14-10-13(18)8-9-15(14)19/h3-11,16H,1-2H3,(H,20,21). The number of hydrogen-bond donors (Lipinski definition) is 1. The van der Waals surface area contributed by atoms with Crippen molar-refractivity contribution in [1.29, 1.82) is 0 Å². The van der Waals surface area contributed by atoms with E-state index in [0.29, 0.717) is 0 Å². The van der Waals surface area contributed by atoms with Gasteiger partial charge in [-0.1, -0.05) is 44.2 Å². The van der Waals surface area contributed by atoms with Crippen LogP contribution in [-0.2, 0) is 0 Å². The lowest BCUT2D eigenvalue weighted by atomic mass is 9.95. The van der Waals surface area contributed by atoms with Gasteiger partial charge in [0.2, 0.25) is 0 Å². The Kier molecular flexibility index (Phi) is 4.68. The fraction of sp³-hybridized carbons (Fsp3) is 0.235. The van der Waals surface area contributed by atoms with Gasteiger partial charge in [-0.25, -0.2) is 8.78 Å². The van der Waals surface area contributed by atoms with Crippen LogP contribution in [0.15, 0.2) is 48.5 Å². The Morgan fingerprint density at radius 1 is 1.05 bits per heavy atom. The second-order valence-electron chi connectivity index (χ2n) is 5.23. The molecule has 2 nitrogen and oxygen atoms in total. The summed E-state index contributed by atoms with van der Waals surface area (Å²) in [6.45, 7) is 3.92. The number of rotatable bonds is 4. The zero-order valence-corrected chi connectivity index (χ0v) is 11.9. The van der Waals surface area contributed by atoms with Crippen LogP contribution >= 0.6 is 0 Å². The maximum Gasteiger partial charge on any atom is 0.254 e. The van der Waals surface area contributed by atoms with Crippen LogP contribution in [0.25, 0.3) is 0 Å². The van der Waals surface area contributed by atoms with Crippen LogP contribution in [0.3, 0.4) is 0 Å². The van der Waals surface area contributed by atoms with E-state index >= 15 is 0 Å². The van der Waals surface area contributed by atoms with Crippen molar-refractivity contribution in [3.05, 3.63) is 71.3 Å². The van der Waals surface area contributed by atoms with Crippen molar-refractivity contribution in [2.75, 3.05) is 0 Å². The fourth-order valence-corrected chi connectivity index (χ4v) is 2.19. The quantitative estimate of drug-likeness (QED) is 0.902. The third-order valence-electron chi connectivity index (χ3n) is 3.28. The molecule has 110 valence electrons. The zero-order chi connectivity index (χ0) is 15.4. The predicted octanol–water partition coefficient (Wildman–Crippen LogP) is 4.09. The second-order valence-corrected chi connectivity index (χ2v) is 5.23. The average Bonchev–Trinajstić information content (AvgIpc) is 2.47. The van der Waals surface area contributed by atoms with Gasteiger partial charge in [0.1, 0.15) is 11.6 Å². The first-order chi connectivity index (χ1) is 9.99. The summed E-state index contributed by atoms with van der Waals surface area (Å²) in [7, 11) is 0. The van der Waals surface area contributed by atoms with Crippen LogP contribution in [0.4, 0.5) is 8.78 Å². The van der Waals surface area contributed by atoms with Crippen molar-refractivity contribution in [2.45, 2.75) is 19.9 Å². The number of amides is 1. The number of halogens is 2. The van der Waals surface area contributed by atoms with Crippen molar-refractivity contribution in [3.63, 3.8) is 0 Å². The van der Waals surface area contributed by atoms with Gasteiger partial charge in [0.15, 0.2) is 0 Å². The first-order valence-corrected chi connectivity index (χ1v) is 6.80. The predicted molar refractivity (Wildman–Crippen MR) is 77.8 cm³/mol. The number of benzene rings is 2. The van der Waals surface area contributed by atoms with Crippen molar-refractivity contribution in [2.24, 2.45) is 5.92 Å². The van der Waals surface area contributed by atoms with Gasteiger partial charge in [0.25, 0.3) is 5.91 Å². The molecule has 0 spiro atoms. The molecule has 0 saturated heterocycles. The van der Waals surface area contributed by atoms with Crippen molar-refractivity contribution < 1.29 is 13.6 Å². The topological polar surface area (TPSA) is 29.1 Å². The molecule has 1 unspecified atom stereocenters. The van der Waals surface area contributed by atoms with E-state index in [0.717, 1.165) is 23.8 Å². The molecule has 1 N–H and O–H groups in total. The van der Waals surface area contributed by atoms with Crippen molar-refractivity contribution in [1.82, 2.24) is 5.32 Å². The smallest absolute Gasteiger partial charge is 0.254 e. The molecule has 0 aliphatic carbocycles. The minimum absolute atomic E-state index is 0.118. The van der Waals surface area contributed by atoms with Gasteiger partial charge in [-0.05, 0) is 29.7 Å². The summed E-state index contributed by atoms with van der Waals surface area (Å²) in [6.07, 6.45) is 0. The summed E-state index contributed by atoms with van der Waals surface area (Å²) in [5.41, 5.74) is 0.647. The molecule has 2 rings (SSSR count). The highest BCUT2D eigenvalue weighted by molar-refractivity contribution is 5.94. The van der Waals surface area contributed by atoms with E-state index in [1.807, 2.05) is 44.2 Å². The van der Waals surface area contributed by atoms with Gasteiger partial charge < -0.3 is 5.32 Å². The van der Waals surface area contributed by atoms with Crippen LogP contribution in [0, 0.1) is 17.6 Å². The first kappa shape index (κ1) is 15.2. The molecule has 0 heterocycles. The number of hydrogen-bond acceptors (Lipinski definition) is 1. The number of carbonyl (C=O) groups is 1. The molecule has 0 aromatic heterocycles. The Labute approximate surface area is 122 Å². The Morgan fingerprint density at radius 2 is 1.71 bits per heavy atom. The molecule has 0 radical (unpaired) electrons. The molecule has 21 heavy (non-hydrogen) atoms. The Balaban J connectivity index is 2.25. The van der Waals surface area contributed by atoms with Gasteiger partial charge in [-0.2, -0.15) is 0 Å². The van der Waals surface area contributed by atoms with Crippen LogP contribution in [-0.4, -0.2) is 5.91 Å². The van der Waals surface area contributed by atoms with E-state index < -0.39 is 17.5 Å². The number of carbonyl (C=O) groups excluding carboxylic acids is 1. The Hall–Kier alpha value is -2.23. The van der Waals surface area contributed by atoms with Crippen LogP contribution in [0.5, 0.6) is 0 Å². The van der Waals surface area contributed by atoms with Crippen LogP contribution in [0.2, 0.25) is 0 Å². The summed E-state index contributed by atoms with van der Waals surface area (Å²) < 4.78 is 26.8. The average molecular weight is 289 g/mol. The molecule has 1 atom stereocenters. The summed E-state index contributed by atoms with van der Waals surface area (Å²) in [5.74, 6) is -1.87. The molecular formula is C17H17F2NO. The lowest BCUT2D eigenvalue weighted by Crippen LogP contribution is -2.32. The molecule has 4 heteroatoms. The Bertz CT molecular complexity index is 626. The second kappa shape index (κ2) is 6.48. The fourth-order valence-electron chi connectivity index (χ4n) is 2.19. The van der Waals surface area contributed by atoms with Crippen LogP contribution < -0.4 is 5.32 Å². The van der Waals surface area contributed by atoms with Crippen molar-refractivity contribution >= 4 is 5.91 Å². The summed E-state index contributed by atoms with van der Waals surface area (Å²) >= 11 is 0. The lowest BCUT2D eigenvalue weighted by molar-refractivity contribution is 0.0921. The lowest BCUT2D eigenvalue weighted by Gasteiger charge is -2.23. The number of nitrogens with one attached hydrogen (secondary N) is 1. The molecule has 0 bridgehead atoms. The monoisotopic (exact) mass is 289 g/mol. The third-order valence-corrected chi connectivity index (χ3v) is 3.28. The molecule has 1 amide bonds. The molecular weight excluding hydrogens is 272 g/mol. The van der Waals surface area contributed by atoms with E-state index in [1.54, 1.807) is 0 Å². The van der Waals surface area contributed by atoms with E-state index in [4.69, 9.17) is 0 Å². The zero-order valence-electron chi connectivity index (χ0n) is 11.9. The van der Waals surface area contributed by atoms with Crippen molar-refractivity contribution in [3.8, 4) is 0 Å². The van der Waals surface area contributed by atoms with E-state index in [1.165, 1.54) is 0 Å². The highest BCUT2D eigenvalue weighted by atomic mass is 19.1. The van der Waals surface area contributed by atoms with Crippen LogP contribution in [0.1, 0.15) is 35.8 Å². The maximum atomic E-state index is 13.6. The highest BCUT2D eigenvalue weighted by Gasteiger charge is 2.21. The highest BCUT2D eigenvalue weighted by Crippen LogP contribution is 2.22. The largest absolute Gasteiger partial charge is 0.345 e. The normalized spacial score (nSPS) is 12.2. The molecule has 0 aliphatic heterocycles. The van der Waals surface area contributed by atoms with Gasteiger partial charge in [0, 0.05) is 0 Å². The van der Waals surface area contributed by atoms with E-state index in [9.17, 15) is 13.6 Å². The molecule has 2 aromatic rings. The third kappa shape index (κ3) is 3.66. The van der Waals surface area contributed by atoms with E-state index in [-0.39, 0.29) is 17.5 Å². The molecule has 2 aromatic carbocycles. The minimum atomic E-state index is -0.732. The minimum Gasteiger partial charge on any atom is -0.345 e. The molecule has 0 saturated carbocycles. The van der Waals surface area contributed by atoms with Gasteiger partial charge in [0.05, 0.1) is 11.6 Å². The Morgan fingerprint density at radius 3 is 2.33 bits per heavy atom. The van der Waals surface area contributed by atoms with E-state index in [2.05, 4.69) is 5.32 Å². The van der Waals surface area contributed by atoms with Gasteiger partial charge in [-0.15, -0.1) is 0 Å². The summed E-state index contributed by atoms with van der Waals surface area (Å²) in [5, 5.41) is 2.77. The molecule has 0 fully saturated rings. The first-order valence-electron chi connectivity index (χ1n) is 6.80. The molecule has 0 aliphatic rings. The summed E-state index contributed by atoms with van der Waals surface area (Å²) in [6, 6.07) is 12.0. The maximum absolute atomic E-state index is 13.6. The van der Waals surface area contributed by atoms with Gasteiger partial charge in [-0.3, -0.25) is 4.79 Å². The van der Waals surface area contributed by atoms with Gasteiger partial charge >= 0.3 is 0 Å². The summed E-state index contributed by atoms with van der Waals surface area (Å²) in [4.78, 5) is 12.2.